The van der Waals surface area contributed by atoms with Gasteiger partial charge in [-0.3, -0.25) is 4.79 Å². The molecule has 1 aromatic rings. The molecule has 0 bridgehead atoms. The fourth-order valence-corrected chi connectivity index (χ4v) is 1.55. The predicted octanol–water partition coefficient (Wildman–Crippen LogP) is 1.76. The number of nitrogens with one attached hydrogen (secondary N) is 1. The second-order valence-corrected chi connectivity index (χ2v) is 3.50. The highest BCUT2D eigenvalue weighted by Crippen LogP contribution is 2.20. The third-order valence-corrected chi connectivity index (χ3v) is 2.28. The van der Waals surface area contributed by atoms with Crippen molar-refractivity contribution in [1.82, 2.24) is 0 Å². The van der Waals surface area contributed by atoms with Gasteiger partial charge in [0.2, 0.25) is 0 Å². The summed E-state index contributed by atoms with van der Waals surface area (Å²) in [5.41, 5.74) is 2.24. The number of hydrogen-bond acceptors (Lipinski definition) is 3. The first-order valence-electron chi connectivity index (χ1n) is 4.93. The Balaban J connectivity index is 2.03. The first-order valence-corrected chi connectivity index (χ1v) is 4.93. The molecule has 0 unspecified atom stereocenters. The van der Waals surface area contributed by atoms with Crippen LogP contribution in [0.5, 0.6) is 0 Å². The maximum Gasteiger partial charge on any atom is 0.319 e. The molecule has 1 aliphatic heterocycles. The van der Waals surface area contributed by atoms with E-state index in [1.807, 2.05) is 36.3 Å². The minimum Gasteiger partial charge on any atom is -0.472 e. The molecular formula is C11H12BNO2. The fourth-order valence-electron chi connectivity index (χ4n) is 1.55. The Hall–Kier alpha value is -1.71. The summed E-state index contributed by atoms with van der Waals surface area (Å²) in [4.78, 5) is 10.7. The van der Waals surface area contributed by atoms with Crippen LogP contribution in [-0.2, 0) is 9.53 Å². The third kappa shape index (κ3) is 2.40. The van der Waals surface area contributed by atoms with Gasteiger partial charge in [-0.05, 0) is 11.6 Å². The quantitative estimate of drug-likeness (QED) is 0.585. The van der Waals surface area contributed by atoms with Gasteiger partial charge in [0.15, 0.2) is 0 Å². The maximum atomic E-state index is 10.7. The Morgan fingerprint density at radius 2 is 2.27 bits per heavy atom. The molecule has 1 N–H and O–H groups in total. The van der Waals surface area contributed by atoms with Crippen molar-refractivity contribution in [2.24, 2.45) is 0 Å². The van der Waals surface area contributed by atoms with Gasteiger partial charge in [0.05, 0.1) is 6.51 Å². The Morgan fingerprint density at radius 3 is 3.07 bits per heavy atom. The zero-order valence-electron chi connectivity index (χ0n) is 8.57. The maximum absolute atomic E-state index is 10.7. The van der Waals surface area contributed by atoms with Gasteiger partial charge in [-0.2, -0.15) is 0 Å². The van der Waals surface area contributed by atoms with Gasteiger partial charge in [-0.1, -0.05) is 30.3 Å². The van der Waals surface area contributed by atoms with Crippen molar-refractivity contribution in [3.8, 4) is 0 Å². The van der Waals surface area contributed by atoms with E-state index in [1.54, 1.807) is 0 Å². The van der Waals surface area contributed by atoms with Gasteiger partial charge in [-0.15, -0.1) is 0 Å². The minimum atomic E-state index is -0.246. The Kier molecular flexibility index (Phi) is 2.76. The second kappa shape index (κ2) is 4.21. The van der Waals surface area contributed by atoms with Crippen LogP contribution in [0.1, 0.15) is 12.5 Å². The van der Waals surface area contributed by atoms with Crippen molar-refractivity contribution in [2.75, 3.05) is 11.7 Å². The molecule has 0 atom stereocenters. The van der Waals surface area contributed by atoms with E-state index in [0.29, 0.717) is 6.51 Å². The molecule has 0 saturated carbocycles. The molecule has 15 heavy (non-hydrogen) atoms. The van der Waals surface area contributed by atoms with E-state index in [2.05, 4.69) is 5.23 Å². The number of carbonyl (C=O) groups excluding carboxylic acids is 1. The summed E-state index contributed by atoms with van der Waals surface area (Å²) in [5.74, 6) is 1.76. The predicted molar refractivity (Wildman–Crippen MR) is 61.5 cm³/mol. The van der Waals surface area contributed by atoms with Crippen molar-refractivity contribution >= 4 is 24.6 Å². The first kappa shape index (κ1) is 9.83. The van der Waals surface area contributed by atoms with Crippen LogP contribution in [-0.4, -0.2) is 19.3 Å². The summed E-state index contributed by atoms with van der Waals surface area (Å²) >= 11 is 0. The van der Waals surface area contributed by atoms with Crippen LogP contribution < -0.4 is 5.23 Å². The summed E-state index contributed by atoms with van der Waals surface area (Å²) in [5, 5.41) is 3.29. The molecule has 1 aliphatic rings. The van der Waals surface area contributed by atoms with E-state index in [4.69, 9.17) is 4.74 Å². The zero-order valence-corrected chi connectivity index (χ0v) is 8.57. The molecule has 1 aromatic carbocycles. The zero-order chi connectivity index (χ0) is 10.7. The Morgan fingerprint density at radius 1 is 1.47 bits per heavy atom. The van der Waals surface area contributed by atoms with Crippen LogP contribution in [0.4, 0.5) is 5.69 Å². The lowest BCUT2D eigenvalue weighted by Crippen LogP contribution is -2.32. The van der Waals surface area contributed by atoms with E-state index < -0.39 is 0 Å². The summed E-state index contributed by atoms with van der Waals surface area (Å²) in [6.45, 7) is 1.87. The van der Waals surface area contributed by atoms with Gasteiger partial charge >= 0.3 is 12.8 Å². The molecule has 2 rings (SSSR count). The number of carbonyl (C=O) groups is 1. The highest BCUT2D eigenvalue weighted by atomic mass is 16.5. The van der Waals surface area contributed by atoms with Crippen LogP contribution in [0.25, 0.3) is 6.08 Å². The van der Waals surface area contributed by atoms with Crippen LogP contribution in [0.15, 0.2) is 30.2 Å². The smallest absolute Gasteiger partial charge is 0.319 e. The summed E-state index contributed by atoms with van der Waals surface area (Å²) in [7, 11) is 0. The molecule has 0 radical (unpaired) electrons. The van der Waals surface area contributed by atoms with Crippen molar-refractivity contribution in [3.63, 3.8) is 0 Å². The molecule has 1 heterocycles. The molecule has 0 aromatic heterocycles. The number of para-hydroxylation sites is 1. The van der Waals surface area contributed by atoms with Gasteiger partial charge in [-0.25, -0.2) is 0 Å². The van der Waals surface area contributed by atoms with E-state index in [1.165, 1.54) is 6.92 Å². The molecular weight excluding hydrogens is 189 g/mol. The molecule has 3 nitrogen and oxygen atoms in total. The highest BCUT2D eigenvalue weighted by Gasteiger charge is 2.17. The number of rotatable bonds is 2. The lowest BCUT2D eigenvalue weighted by molar-refractivity contribution is -0.139. The van der Waals surface area contributed by atoms with E-state index in [9.17, 15) is 4.79 Å². The number of esters is 1. The number of anilines is 1. The van der Waals surface area contributed by atoms with Crippen molar-refractivity contribution < 1.29 is 9.53 Å². The van der Waals surface area contributed by atoms with Crippen LogP contribution in [0.2, 0.25) is 0 Å². The number of benzene rings is 1. The second-order valence-electron chi connectivity index (χ2n) is 3.50. The number of hydrogen-bond donors (Lipinski definition) is 1. The van der Waals surface area contributed by atoms with Crippen LogP contribution in [0.3, 0.4) is 0 Å². The van der Waals surface area contributed by atoms with E-state index in [-0.39, 0.29) is 12.8 Å². The first-order chi connectivity index (χ1) is 7.25. The Bertz CT molecular complexity index is 403. The number of ether oxygens (including phenoxy) is 1. The van der Waals surface area contributed by atoms with Crippen molar-refractivity contribution in [2.45, 2.75) is 6.92 Å². The lowest BCUT2D eigenvalue weighted by atomic mass is 9.61. The molecule has 4 heteroatoms. The highest BCUT2D eigenvalue weighted by molar-refractivity contribution is 6.69. The van der Waals surface area contributed by atoms with E-state index >= 15 is 0 Å². The molecule has 0 aliphatic carbocycles. The van der Waals surface area contributed by atoms with E-state index in [0.717, 1.165) is 11.3 Å². The summed E-state index contributed by atoms with van der Waals surface area (Å²) in [6, 6.07) is 8.03. The molecule has 0 spiro atoms. The van der Waals surface area contributed by atoms with Crippen LogP contribution >= 0.6 is 0 Å². The van der Waals surface area contributed by atoms with Gasteiger partial charge in [0.25, 0.3) is 0 Å². The SMILES string of the molecule is CC(=O)OCB1C=Cc2ccccc2N1. The molecule has 0 saturated heterocycles. The number of fused-ring (bicyclic) bond motifs is 1. The average Bonchev–Trinajstić information content (AvgIpc) is 2.26. The van der Waals surface area contributed by atoms with Crippen LogP contribution in [0, 0.1) is 0 Å². The summed E-state index contributed by atoms with van der Waals surface area (Å²) in [6.07, 6.45) is 2.04. The van der Waals surface area contributed by atoms with Crippen molar-refractivity contribution in [3.05, 3.63) is 35.8 Å². The van der Waals surface area contributed by atoms with Gasteiger partial charge in [0.1, 0.15) is 0 Å². The topological polar surface area (TPSA) is 38.3 Å². The fraction of sp³-hybridized carbons (Fsp3) is 0.182. The standard InChI is InChI=1S/C11H12BNO2/c1-9(14)15-8-12-7-6-10-4-2-3-5-11(10)13-12/h2-7,13H,8H2,1H3. The molecule has 76 valence electrons. The van der Waals surface area contributed by atoms with Crippen molar-refractivity contribution in [1.29, 1.82) is 0 Å². The lowest BCUT2D eigenvalue weighted by Gasteiger charge is -2.18. The summed E-state index contributed by atoms with van der Waals surface area (Å²) < 4.78 is 4.94. The molecule has 0 amide bonds. The normalized spacial score (nSPS) is 13.0. The largest absolute Gasteiger partial charge is 0.472 e. The monoisotopic (exact) mass is 201 g/mol. The van der Waals surface area contributed by atoms with Gasteiger partial charge < -0.3 is 9.96 Å². The minimum absolute atomic E-state index is 0.0730. The third-order valence-electron chi connectivity index (χ3n) is 2.28. The molecule has 0 fully saturated rings. The van der Waals surface area contributed by atoms with Gasteiger partial charge in [0, 0.05) is 12.6 Å². The average molecular weight is 201 g/mol. The Labute approximate surface area is 89.2 Å².